The normalized spacial score (nSPS) is 18.7. The van der Waals surface area contributed by atoms with Gasteiger partial charge in [0.15, 0.2) is 11.5 Å². The zero-order chi connectivity index (χ0) is 19.4. The number of hydrogen-bond donors (Lipinski definition) is 1. The summed E-state index contributed by atoms with van der Waals surface area (Å²) >= 11 is 1.66. The summed E-state index contributed by atoms with van der Waals surface area (Å²) in [4.78, 5) is 14.9. The van der Waals surface area contributed by atoms with Crippen molar-refractivity contribution in [1.82, 2.24) is 4.90 Å². The van der Waals surface area contributed by atoms with Crippen LogP contribution in [0.25, 0.3) is 0 Å². The number of carboxylic acid groups (broad SMARTS) is 1. The van der Waals surface area contributed by atoms with Crippen LogP contribution >= 0.6 is 11.3 Å². The number of carboxylic acids is 1. The Morgan fingerprint density at radius 1 is 1.19 bits per heavy atom. The third-order valence-corrected chi connectivity index (χ3v) is 5.93. The van der Waals surface area contributed by atoms with Crippen LogP contribution in [-0.4, -0.2) is 50.4 Å². The first-order valence-electron chi connectivity index (χ1n) is 8.89. The molecule has 1 aliphatic rings. The van der Waals surface area contributed by atoms with Crippen LogP contribution in [0.4, 0.5) is 0 Å². The Hall–Kier alpha value is -2.25. The predicted molar refractivity (Wildman–Crippen MR) is 104 cm³/mol. The van der Waals surface area contributed by atoms with E-state index in [0.29, 0.717) is 30.2 Å². The number of nitrogens with zero attached hydrogens (tertiary/aromatic N) is 1. The Bertz CT molecular complexity index is 777. The number of benzene rings is 1. The van der Waals surface area contributed by atoms with Gasteiger partial charge in [0, 0.05) is 17.0 Å². The van der Waals surface area contributed by atoms with Crippen molar-refractivity contribution in [3.8, 4) is 17.2 Å². The molecule has 6 nitrogen and oxygen atoms in total. The van der Waals surface area contributed by atoms with Crippen molar-refractivity contribution in [3.05, 3.63) is 40.1 Å². The number of hydrogen-bond acceptors (Lipinski definition) is 6. The standard InChI is InChI=1S/C20H25NO5S/c1-24-15-9-8-14(18(25-2)19(15)26-3)17(16-7-5-11-27-16)21-10-4-6-13(12-21)20(22)23/h5,7-9,11,13,17H,4,6,10,12H2,1-3H3,(H,22,23). The van der Waals surface area contributed by atoms with Crippen molar-refractivity contribution in [2.24, 2.45) is 5.92 Å². The van der Waals surface area contributed by atoms with Gasteiger partial charge in [-0.1, -0.05) is 6.07 Å². The van der Waals surface area contributed by atoms with Crippen molar-refractivity contribution in [2.45, 2.75) is 18.9 Å². The SMILES string of the molecule is COc1ccc(C(c2cccs2)N2CCCC(C(=O)O)C2)c(OC)c1OC. The van der Waals surface area contributed by atoms with Gasteiger partial charge in [-0.05, 0) is 43.0 Å². The molecule has 2 heterocycles. The first-order chi connectivity index (χ1) is 13.1. The molecular weight excluding hydrogens is 366 g/mol. The molecule has 1 N–H and O–H groups in total. The molecule has 0 bridgehead atoms. The van der Waals surface area contributed by atoms with E-state index < -0.39 is 5.97 Å². The lowest BCUT2D eigenvalue weighted by Crippen LogP contribution is -2.41. The highest BCUT2D eigenvalue weighted by Crippen LogP contribution is 2.46. The van der Waals surface area contributed by atoms with Gasteiger partial charge in [0.25, 0.3) is 0 Å². The number of thiophene rings is 1. The van der Waals surface area contributed by atoms with E-state index in [1.54, 1.807) is 32.7 Å². The molecule has 3 rings (SSSR count). The van der Waals surface area contributed by atoms with Crippen LogP contribution in [0, 0.1) is 5.92 Å². The van der Waals surface area contributed by atoms with Gasteiger partial charge in [0.1, 0.15) is 0 Å². The first kappa shape index (κ1) is 19.5. The Morgan fingerprint density at radius 2 is 1.96 bits per heavy atom. The number of carbonyl (C=O) groups is 1. The summed E-state index contributed by atoms with van der Waals surface area (Å²) in [5.74, 6) is 0.680. The Labute approximate surface area is 163 Å². The highest BCUT2D eigenvalue weighted by molar-refractivity contribution is 7.10. The maximum Gasteiger partial charge on any atom is 0.307 e. The van der Waals surface area contributed by atoms with Crippen molar-refractivity contribution in [2.75, 3.05) is 34.4 Å². The lowest BCUT2D eigenvalue weighted by atomic mass is 9.93. The lowest BCUT2D eigenvalue weighted by Gasteiger charge is -2.37. The minimum atomic E-state index is -0.732. The fraction of sp³-hybridized carbons (Fsp3) is 0.450. The molecule has 2 aromatic rings. The summed E-state index contributed by atoms with van der Waals surface area (Å²) in [5.41, 5.74) is 0.948. The zero-order valence-electron chi connectivity index (χ0n) is 15.8. The van der Waals surface area contributed by atoms with E-state index in [1.807, 2.05) is 23.6 Å². The first-order valence-corrected chi connectivity index (χ1v) is 9.77. The molecular formula is C20H25NO5S. The van der Waals surface area contributed by atoms with Crippen LogP contribution in [0.2, 0.25) is 0 Å². The third kappa shape index (κ3) is 3.89. The van der Waals surface area contributed by atoms with E-state index in [0.717, 1.165) is 23.4 Å². The van der Waals surface area contributed by atoms with Gasteiger partial charge in [0.05, 0.1) is 33.3 Å². The number of likely N-dealkylation sites (tertiary alicyclic amines) is 1. The van der Waals surface area contributed by atoms with E-state index in [4.69, 9.17) is 14.2 Å². The highest BCUT2D eigenvalue weighted by atomic mass is 32.1. The number of piperidine rings is 1. The molecule has 0 spiro atoms. The molecule has 2 atom stereocenters. The molecule has 146 valence electrons. The molecule has 1 saturated heterocycles. The monoisotopic (exact) mass is 391 g/mol. The summed E-state index contributed by atoms with van der Waals surface area (Å²) in [6.45, 7) is 1.35. The quantitative estimate of drug-likeness (QED) is 0.777. The zero-order valence-corrected chi connectivity index (χ0v) is 16.6. The molecule has 0 saturated carbocycles. The molecule has 0 radical (unpaired) electrons. The Balaban J connectivity index is 2.08. The number of aliphatic carboxylic acids is 1. The van der Waals surface area contributed by atoms with Crippen molar-refractivity contribution in [1.29, 1.82) is 0 Å². The van der Waals surface area contributed by atoms with Crippen LogP contribution in [0.5, 0.6) is 17.2 Å². The van der Waals surface area contributed by atoms with Crippen LogP contribution in [-0.2, 0) is 4.79 Å². The minimum absolute atomic E-state index is 0.0955. The lowest BCUT2D eigenvalue weighted by molar-refractivity contribution is -0.143. The fourth-order valence-corrected chi connectivity index (χ4v) is 4.64. The van der Waals surface area contributed by atoms with Gasteiger partial charge < -0.3 is 19.3 Å². The van der Waals surface area contributed by atoms with Gasteiger partial charge in [-0.15, -0.1) is 11.3 Å². The smallest absolute Gasteiger partial charge is 0.307 e. The largest absolute Gasteiger partial charge is 0.493 e. The van der Waals surface area contributed by atoms with E-state index in [-0.39, 0.29) is 12.0 Å². The Kier molecular flexibility index (Phi) is 6.23. The second-order valence-corrected chi connectivity index (χ2v) is 7.49. The molecule has 1 aromatic carbocycles. The maximum absolute atomic E-state index is 11.6. The number of rotatable bonds is 7. The van der Waals surface area contributed by atoms with Gasteiger partial charge >= 0.3 is 5.97 Å². The van der Waals surface area contributed by atoms with Gasteiger partial charge in [-0.3, -0.25) is 9.69 Å². The maximum atomic E-state index is 11.6. The second kappa shape index (κ2) is 8.63. The van der Waals surface area contributed by atoms with Crippen LogP contribution in [0.3, 0.4) is 0 Å². The number of ether oxygens (including phenoxy) is 3. The molecule has 0 amide bonds. The van der Waals surface area contributed by atoms with Crippen LogP contribution in [0.15, 0.2) is 29.6 Å². The van der Waals surface area contributed by atoms with E-state index in [2.05, 4.69) is 11.0 Å². The topological polar surface area (TPSA) is 68.2 Å². The summed E-state index contributed by atoms with van der Waals surface area (Å²) in [7, 11) is 4.80. The molecule has 7 heteroatoms. The summed E-state index contributed by atoms with van der Waals surface area (Å²) in [5, 5.41) is 11.5. The highest BCUT2D eigenvalue weighted by Gasteiger charge is 2.34. The minimum Gasteiger partial charge on any atom is -0.493 e. The molecule has 1 fully saturated rings. The van der Waals surface area contributed by atoms with E-state index in [9.17, 15) is 9.90 Å². The summed E-state index contributed by atoms with van der Waals surface area (Å²) in [6, 6.07) is 7.85. The van der Waals surface area contributed by atoms with E-state index >= 15 is 0 Å². The van der Waals surface area contributed by atoms with Crippen molar-refractivity contribution in [3.63, 3.8) is 0 Å². The van der Waals surface area contributed by atoms with Crippen molar-refractivity contribution < 1.29 is 24.1 Å². The number of methoxy groups -OCH3 is 3. The average molecular weight is 391 g/mol. The average Bonchev–Trinajstić information content (AvgIpc) is 3.22. The van der Waals surface area contributed by atoms with Crippen molar-refractivity contribution >= 4 is 17.3 Å². The van der Waals surface area contributed by atoms with Gasteiger partial charge in [-0.25, -0.2) is 0 Å². The summed E-state index contributed by atoms with van der Waals surface area (Å²) in [6.07, 6.45) is 1.57. The van der Waals surface area contributed by atoms with E-state index in [1.165, 1.54) is 0 Å². The Morgan fingerprint density at radius 3 is 2.56 bits per heavy atom. The second-order valence-electron chi connectivity index (χ2n) is 6.51. The summed E-state index contributed by atoms with van der Waals surface area (Å²) < 4.78 is 16.7. The molecule has 1 aromatic heterocycles. The van der Waals surface area contributed by atoms with Gasteiger partial charge in [-0.2, -0.15) is 0 Å². The molecule has 2 unspecified atom stereocenters. The molecule has 1 aliphatic heterocycles. The molecule has 0 aliphatic carbocycles. The predicted octanol–water partition coefficient (Wildman–Crippen LogP) is 3.66. The van der Waals surface area contributed by atoms with Crippen LogP contribution in [0.1, 0.15) is 29.3 Å². The fourth-order valence-electron chi connectivity index (χ4n) is 3.76. The molecule has 27 heavy (non-hydrogen) atoms. The third-order valence-electron chi connectivity index (χ3n) is 5.01. The van der Waals surface area contributed by atoms with Crippen LogP contribution < -0.4 is 14.2 Å². The van der Waals surface area contributed by atoms with Gasteiger partial charge in [0.2, 0.25) is 5.75 Å².